The summed E-state index contributed by atoms with van der Waals surface area (Å²) in [5, 5.41) is 2.98. The van der Waals surface area contributed by atoms with Crippen molar-refractivity contribution in [3.63, 3.8) is 0 Å². The minimum Gasteiger partial charge on any atom is -0.345 e. The Bertz CT molecular complexity index is 693. The number of amides is 1. The van der Waals surface area contributed by atoms with Crippen LogP contribution in [0.15, 0.2) is 0 Å². The molecule has 0 aromatic heterocycles. The predicted molar refractivity (Wildman–Crippen MR) is 102 cm³/mol. The van der Waals surface area contributed by atoms with Gasteiger partial charge in [0, 0.05) is 18.4 Å². The lowest BCUT2D eigenvalue weighted by molar-refractivity contribution is -0.154. The van der Waals surface area contributed by atoms with Crippen molar-refractivity contribution in [1.82, 2.24) is 5.32 Å². The first-order valence-electron chi connectivity index (χ1n) is 10.5. The molecule has 1 spiro atoms. The molecule has 4 saturated carbocycles. The third-order valence-corrected chi connectivity index (χ3v) is 9.26. The fourth-order valence-electron chi connectivity index (χ4n) is 8.18. The molecule has 1 amide bonds. The van der Waals surface area contributed by atoms with E-state index in [2.05, 4.69) is 32.0 Å². The Kier molecular flexibility index (Phi) is 3.89. The number of hydrogen-bond donors (Lipinski definition) is 1. The average Bonchev–Trinajstić information content (AvgIpc) is 2.76. The summed E-state index contributed by atoms with van der Waals surface area (Å²) < 4.78 is 0. The standard InChI is InChI=1S/C23H33NO2/c1-5-19(26)24-15-21(3)9-6-10-22(4)16(21)8-12-23-13-18(25)20(2,14-23)11-7-17(22)23/h1,16-17H,6-15H2,2-4H3,(H,24,26)/t16?,17?,20?,21-,22+,23-/m0/s1. The Labute approximate surface area is 158 Å². The van der Waals surface area contributed by atoms with E-state index in [0.717, 1.165) is 25.7 Å². The number of ketones is 1. The Morgan fingerprint density at radius 3 is 2.62 bits per heavy atom. The monoisotopic (exact) mass is 355 g/mol. The summed E-state index contributed by atoms with van der Waals surface area (Å²) in [5.74, 6) is 3.70. The Hall–Kier alpha value is -1.30. The van der Waals surface area contributed by atoms with E-state index in [1.165, 1.54) is 32.1 Å². The van der Waals surface area contributed by atoms with E-state index in [-0.39, 0.29) is 27.6 Å². The van der Waals surface area contributed by atoms with Crippen molar-refractivity contribution < 1.29 is 9.59 Å². The van der Waals surface area contributed by atoms with Crippen molar-refractivity contribution in [3.8, 4) is 12.3 Å². The molecule has 0 saturated heterocycles. The molecule has 6 atom stereocenters. The summed E-state index contributed by atoms with van der Waals surface area (Å²) >= 11 is 0. The van der Waals surface area contributed by atoms with E-state index in [1.807, 2.05) is 0 Å². The van der Waals surface area contributed by atoms with Gasteiger partial charge in [0.15, 0.2) is 0 Å². The first-order chi connectivity index (χ1) is 12.2. The van der Waals surface area contributed by atoms with Crippen LogP contribution in [0.25, 0.3) is 0 Å². The number of fused-ring (bicyclic) bond motifs is 3. The Balaban J connectivity index is 1.63. The summed E-state index contributed by atoms with van der Waals surface area (Å²) in [4.78, 5) is 24.4. The molecule has 1 N–H and O–H groups in total. The van der Waals surface area contributed by atoms with Crippen LogP contribution in [0, 0.1) is 45.8 Å². The van der Waals surface area contributed by atoms with Crippen LogP contribution in [-0.2, 0) is 9.59 Å². The number of carbonyl (C=O) groups is 2. The number of Topliss-reactive ketones (excluding diaryl/α,β-unsaturated/α-hetero) is 1. The van der Waals surface area contributed by atoms with Crippen molar-refractivity contribution >= 4 is 11.7 Å². The first kappa shape index (κ1) is 18.1. The zero-order chi connectivity index (χ0) is 18.8. The Morgan fingerprint density at radius 2 is 1.88 bits per heavy atom. The smallest absolute Gasteiger partial charge is 0.295 e. The van der Waals surface area contributed by atoms with E-state index >= 15 is 0 Å². The van der Waals surface area contributed by atoms with Crippen LogP contribution in [-0.4, -0.2) is 18.2 Å². The van der Waals surface area contributed by atoms with E-state index in [1.54, 1.807) is 0 Å². The van der Waals surface area contributed by atoms with E-state index in [9.17, 15) is 9.59 Å². The average molecular weight is 356 g/mol. The van der Waals surface area contributed by atoms with E-state index in [0.29, 0.717) is 24.2 Å². The normalized spacial score (nSPS) is 49.7. The topological polar surface area (TPSA) is 46.2 Å². The molecular formula is C23H33NO2. The second kappa shape index (κ2) is 5.60. The van der Waals surface area contributed by atoms with Crippen molar-refractivity contribution in [3.05, 3.63) is 0 Å². The van der Waals surface area contributed by atoms with Gasteiger partial charge in [0.2, 0.25) is 0 Å². The van der Waals surface area contributed by atoms with Crippen LogP contribution >= 0.6 is 0 Å². The maximum absolute atomic E-state index is 12.8. The fraction of sp³-hybridized carbons (Fsp3) is 0.826. The molecule has 0 aromatic rings. The van der Waals surface area contributed by atoms with E-state index in [4.69, 9.17) is 6.42 Å². The van der Waals surface area contributed by atoms with Gasteiger partial charge in [-0.3, -0.25) is 9.59 Å². The van der Waals surface area contributed by atoms with Crippen molar-refractivity contribution in [2.24, 2.45) is 33.5 Å². The number of rotatable bonds is 2. The van der Waals surface area contributed by atoms with Gasteiger partial charge in [-0.2, -0.15) is 0 Å². The van der Waals surface area contributed by atoms with Crippen LogP contribution in [0.5, 0.6) is 0 Å². The van der Waals surface area contributed by atoms with Gasteiger partial charge in [-0.1, -0.05) is 27.2 Å². The highest BCUT2D eigenvalue weighted by Gasteiger charge is 2.67. The lowest BCUT2D eigenvalue weighted by Crippen LogP contribution is -2.58. The molecule has 4 rings (SSSR count). The van der Waals surface area contributed by atoms with Gasteiger partial charge < -0.3 is 5.32 Å². The van der Waals surface area contributed by atoms with Gasteiger partial charge in [0.25, 0.3) is 5.91 Å². The molecule has 2 bridgehead atoms. The van der Waals surface area contributed by atoms with Crippen LogP contribution in [0.4, 0.5) is 0 Å². The highest BCUT2D eigenvalue weighted by Crippen LogP contribution is 2.72. The summed E-state index contributed by atoms with van der Waals surface area (Å²) in [7, 11) is 0. The third kappa shape index (κ3) is 2.33. The number of carbonyl (C=O) groups excluding carboxylic acids is 2. The second-order valence-electron chi connectivity index (χ2n) is 10.7. The molecule has 26 heavy (non-hydrogen) atoms. The summed E-state index contributed by atoms with van der Waals surface area (Å²) in [5.41, 5.74) is 0.622. The quantitative estimate of drug-likeness (QED) is 0.758. The molecule has 142 valence electrons. The van der Waals surface area contributed by atoms with Crippen molar-refractivity contribution in [2.45, 2.75) is 78.6 Å². The zero-order valence-corrected chi connectivity index (χ0v) is 16.6. The second-order valence-corrected chi connectivity index (χ2v) is 10.7. The molecule has 0 radical (unpaired) electrons. The highest BCUT2D eigenvalue weighted by molar-refractivity contribution is 5.92. The molecule has 0 aliphatic heterocycles. The molecule has 4 aliphatic carbocycles. The van der Waals surface area contributed by atoms with E-state index < -0.39 is 0 Å². The summed E-state index contributed by atoms with van der Waals surface area (Å²) in [6.45, 7) is 7.77. The minimum atomic E-state index is -0.291. The molecular weight excluding hydrogens is 322 g/mol. The third-order valence-electron chi connectivity index (χ3n) is 9.26. The van der Waals surface area contributed by atoms with Gasteiger partial charge in [-0.25, -0.2) is 0 Å². The summed E-state index contributed by atoms with van der Waals surface area (Å²) in [6.07, 6.45) is 15.5. The van der Waals surface area contributed by atoms with Crippen LogP contribution in [0.3, 0.4) is 0 Å². The number of hydrogen-bond acceptors (Lipinski definition) is 2. The molecule has 0 heterocycles. The van der Waals surface area contributed by atoms with Gasteiger partial charge >= 0.3 is 0 Å². The molecule has 4 fully saturated rings. The zero-order valence-electron chi connectivity index (χ0n) is 16.6. The van der Waals surface area contributed by atoms with Gasteiger partial charge in [-0.15, -0.1) is 6.42 Å². The summed E-state index contributed by atoms with van der Waals surface area (Å²) in [6, 6.07) is 0. The maximum Gasteiger partial charge on any atom is 0.295 e. The van der Waals surface area contributed by atoms with Gasteiger partial charge in [0.1, 0.15) is 5.78 Å². The van der Waals surface area contributed by atoms with Crippen LogP contribution in [0.1, 0.15) is 78.6 Å². The molecule has 0 aromatic carbocycles. The minimum absolute atomic E-state index is 0.0432. The predicted octanol–water partition coefficient (Wildman–Crippen LogP) is 4.11. The lowest BCUT2D eigenvalue weighted by atomic mass is 9.40. The van der Waals surface area contributed by atoms with Gasteiger partial charge in [-0.05, 0) is 78.9 Å². The lowest BCUT2D eigenvalue weighted by Gasteiger charge is -2.64. The molecule has 3 unspecified atom stereocenters. The number of terminal acetylenes is 1. The molecule has 3 heteroatoms. The maximum atomic E-state index is 12.8. The van der Waals surface area contributed by atoms with Crippen LogP contribution in [0.2, 0.25) is 0 Å². The van der Waals surface area contributed by atoms with Crippen LogP contribution < -0.4 is 5.32 Å². The van der Waals surface area contributed by atoms with Gasteiger partial charge in [0.05, 0.1) is 0 Å². The Morgan fingerprint density at radius 1 is 1.15 bits per heavy atom. The SMILES string of the molecule is C#CC(=O)NC[C@]1(C)CCC[C@]2(C)C1CC[C@@]13CC(=O)C(C)(CCC12)C3. The van der Waals surface area contributed by atoms with Crippen molar-refractivity contribution in [2.75, 3.05) is 6.54 Å². The highest BCUT2D eigenvalue weighted by atomic mass is 16.1. The molecule has 4 aliphatic rings. The van der Waals surface area contributed by atoms with Crippen molar-refractivity contribution in [1.29, 1.82) is 0 Å². The first-order valence-corrected chi connectivity index (χ1v) is 10.5. The fourth-order valence-corrected chi connectivity index (χ4v) is 8.18. The largest absolute Gasteiger partial charge is 0.345 e. The number of nitrogens with one attached hydrogen (secondary N) is 1. The molecule has 3 nitrogen and oxygen atoms in total.